The second kappa shape index (κ2) is 11.7. The molecule has 2 unspecified atom stereocenters. The summed E-state index contributed by atoms with van der Waals surface area (Å²) in [5.74, 6) is -0.101. The van der Waals surface area contributed by atoms with E-state index in [1.807, 2.05) is 22.6 Å². The summed E-state index contributed by atoms with van der Waals surface area (Å²) in [5, 5.41) is 0. The molecule has 0 radical (unpaired) electrons. The molecule has 3 fully saturated rings. The molecule has 3 aliphatic rings. The van der Waals surface area contributed by atoms with Crippen LogP contribution in [-0.4, -0.2) is 91.7 Å². The highest BCUT2D eigenvalue weighted by atomic mass is 127. The van der Waals surface area contributed by atoms with Crippen LogP contribution in [0.15, 0.2) is 23.8 Å². The van der Waals surface area contributed by atoms with Crippen molar-refractivity contribution in [3.05, 3.63) is 29.3 Å². The minimum absolute atomic E-state index is 0.0774. The molecule has 0 aromatic carbocycles. The summed E-state index contributed by atoms with van der Waals surface area (Å²) in [7, 11) is 0. The number of anilines is 2. The fraction of sp³-hybridized carbons (Fsp3) is 0.500. The third-order valence-corrected chi connectivity index (χ3v) is 11.9. The standard InChI is InChI=1S/C20H22FIN10O9P2S2/c21-8-12-7(39-18(8)32-5-28-11-16(32)29-20(24)30-17(11)33)2-37-43(35,45)41-13-9(22)6(1-36-42(34,44)40-12)38-19(13)31-4-27-10-14(23)25-3-26-15(10)31/h3-9,12-13,18-19H,1-2H2,(H,34,44)(H,35,45)(H2,23,25,26)(H3,24,29,30,33)/t6-,7-,8-,9-,12-,13-,18-,19-,42?,43?/m1/s1. The summed E-state index contributed by atoms with van der Waals surface area (Å²) in [5.41, 5.74) is 11.4. The number of imidazole rings is 2. The Morgan fingerprint density at radius 1 is 1.02 bits per heavy atom. The van der Waals surface area contributed by atoms with Crippen LogP contribution in [0.2, 0.25) is 0 Å². The van der Waals surface area contributed by atoms with E-state index in [0.29, 0.717) is 11.2 Å². The Morgan fingerprint density at radius 2 is 1.71 bits per heavy atom. The molecule has 2 bridgehead atoms. The number of nitrogens with one attached hydrogen (secondary N) is 1. The van der Waals surface area contributed by atoms with Gasteiger partial charge in [0.25, 0.3) is 5.56 Å². The molecule has 0 spiro atoms. The van der Waals surface area contributed by atoms with Crippen LogP contribution in [0.3, 0.4) is 0 Å². The quantitative estimate of drug-likeness (QED) is 0.0823. The van der Waals surface area contributed by atoms with E-state index in [0.717, 1.165) is 10.9 Å². The van der Waals surface area contributed by atoms with Gasteiger partial charge in [-0.05, 0) is 11.8 Å². The molecule has 7 rings (SSSR count). The molecule has 4 aromatic heterocycles. The van der Waals surface area contributed by atoms with Gasteiger partial charge in [-0.25, -0.2) is 28.9 Å². The van der Waals surface area contributed by atoms with Gasteiger partial charge in [-0.3, -0.25) is 32.5 Å². The summed E-state index contributed by atoms with van der Waals surface area (Å²) >= 11 is 11.4. The Labute approximate surface area is 274 Å². The van der Waals surface area contributed by atoms with Crippen LogP contribution in [-0.2, 0) is 43.9 Å². The average Bonchev–Trinajstić information content (AvgIpc) is 3.72. The molecule has 0 aliphatic carbocycles. The summed E-state index contributed by atoms with van der Waals surface area (Å²) in [6.07, 6.45) is -5.49. The first-order chi connectivity index (χ1) is 21.3. The average molecular weight is 818 g/mol. The van der Waals surface area contributed by atoms with E-state index in [-0.39, 0.29) is 29.5 Å². The van der Waals surface area contributed by atoms with Gasteiger partial charge >= 0.3 is 13.5 Å². The molecule has 3 aliphatic heterocycles. The highest BCUT2D eigenvalue weighted by Crippen LogP contribution is 2.58. The molecule has 0 saturated carbocycles. The summed E-state index contributed by atoms with van der Waals surface area (Å²) < 4.78 is 66.4. The van der Waals surface area contributed by atoms with Crippen molar-refractivity contribution in [2.24, 2.45) is 0 Å². The van der Waals surface area contributed by atoms with Crippen molar-refractivity contribution in [1.29, 1.82) is 0 Å². The van der Waals surface area contributed by atoms with Gasteiger partial charge in [-0.2, -0.15) is 4.98 Å². The summed E-state index contributed by atoms with van der Waals surface area (Å²) in [6, 6.07) is 0. The summed E-state index contributed by atoms with van der Waals surface area (Å²) in [4.78, 5) is 46.2. The number of hydrogen-bond donors (Lipinski definition) is 5. The monoisotopic (exact) mass is 818 g/mol. The van der Waals surface area contributed by atoms with E-state index >= 15 is 4.39 Å². The molecule has 242 valence electrons. The highest BCUT2D eigenvalue weighted by Gasteiger charge is 2.53. The Kier molecular flexibility index (Phi) is 8.22. The van der Waals surface area contributed by atoms with E-state index in [1.54, 1.807) is 0 Å². The van der Waals surface area contributed by atoms with E-state index in [1.165, 1.54) is 17.2 Å². The van der Waals surface area contributed by atoms with Crippen molar-refractivity contribution in [3.8, 4) is 0 Å². The van der Waals surface area contributed by atoms with Crippen LogP contribution < -0.4 is 17.0 Å². The Hall–Kier alpha value is -1.89. The van der Waals surface area contributed by atoms with Crippen LogP contribution in [0, 0.1) is 0 Å². The Bertz CT molecular complexity index is 1950. The van der Waals surface area contributed by atoms with Gasteiger partial charge in [-0.15, -0.1) is 0 Å². The minimum atomic E-state index is -4.30. The van der Waals surface area contributed by atoms with Crippen molar-refractivity contribution >= 4 is 94.3 Å². The van der Waals surface area contributed by atoms with Crippen molar-refractivity contribution in [1.82, 2.24) is 39.0 Å². The van der Waals surface area contributed by atoms with Gasteiger partial charge in [0.15, 0.2) is 41.3 Å². The van der Waals surface area contributed by atoms with Crippen LogP contribution in [0.1, 0.15) is 12.5 Å². The van der Waals surface area contributed by atoms with Gasteiger partial charge in [-0.1, -0.05) is 34.8 Å². The molecule has 0 amide bonds. The topological polar surface area (TPSA) is 252 Å². The van der Waals surface area contributed by atoms with Gasteiger partial charge in [0.1, 0.15) is 30.2 Å². The molecule has 3 saturated heterocycles. The second-order valence-electron chi connectivity index (χ2n) is 10.0. The Morgan fingerprint density at radius 3 is 2.49 bits per heavy atom. The number of fused-ring (bicyclic) bond motifs is 5. The van der Waals surface area contributed by atoms with Crippen molar-refractivity contribution in [2.75, 3.05) is 24.7 Å². The lowest BCUT2D eigenvalue weighted by Gasteiger charge is -2.27. The highest BCUT2D eigenvalue weighted by molar-refractivity contribution is 14.1. The molecule has 10 atom stereocenters. The first-order valence-corrected chi connectivity index (χ1v) is 19.4. The first-order valence-electron chi connectivity index (χ1n) is 12.9. The number of rotatable bonds is 2. The maximum Gasteiger partial charge on any atom is 0.386 e. The van der Waals surface area contributed by atoms with Crippen LogP contribution in [0.4, 0.5) is 16.2 Å². The fourth-order valence-corrected chi connectivity index (χ4v) is 9.25. The molecule has 7 heterocycles. The molecule has 6 N–H and O–H groups in total. The third kappa shape index (κ3) is 5.80. The smallest absolute Gasteiger partial charge is 0.382 e. The number of H-pyrrole nitrogens is 1. The number of alkyl halides is 2. The SMILES string of the molecule is Nc1nc2c(ncn2[C@@H]2O[C@@H]3COP(O)(=S)O[C@@H]4[C@H](I)[C@@H](COP(=O)(S)O[C@H]3[C@H]2F)O[C@H]4n2cnc3c(N)ncnc32)c(=O)[nH]1. The number of thiol groups is 1. The Balaban J connectivity index is 1.21. The zero-order valence-electron chi connectivity index (χ0n) is 22.3. The lowest BCUT2D eigenvalue weighted by atomic mass is 10.1. The van der Waals surface area contributed by atoms with Crippen molar-refractivity contribution < 1.29 is 41.4 Å². The van der Waals surface area contributed by atoms with E-state index in [2.05, 4.69) is 42.2 Å². The molecule has 4 aromatic rings. The molecular weight excluding hydrogens is 796 g/mol. The zero-order valence-corrected chi connectivity index (χ0v) is 27.9. The van der Waals surface area contributed by atoms with Gasteiger partial charge in [0, 0.05) is 0 Å². The number of hydrogen-bond acceptors (Lipinski definition) is 16. The second-order valence-corrected chi connectivity index (χ2v) is 17.2. The van der Waals surface area contributed by atoms with Crippen molar-refractivity contribution in [3.63, 3.8) is 0 Å². The number of nitrogens with zero attached hydrogens (tertiary/aromatic N) is 7. The first kappa shape index (κ1) is 31.7. The predicted octanol–water partition coefficient (Wildman–Crippen LogP) is 1.13. The maximum atomic E-state index is 16.1. The van der Waals surface area contributed by atoms with E-state index < -0.39 is 72.7 Å². The number of aromatic amines is 1. The number of nitrogen functional groups attached to an aromatic ring is 2. The van der Waals surface area contributed by atoms with Gasteiger partial charge in [0.2, 0.25) is 5.95 Å². The minimum Gasteiger partial charge on any atom is -0.382 e. The largest absolute Gasteiger partial charge is 0.386 e. The maximum absolute atomic E-state index is 16.1. The van der Waals surface area contributed by atoms with Crippen LogP contribution in [0.5, 0.6) is 0 Å². The van der Waals surface area contributed by atoms with Gasteiger partial charge < -0.3 is 30.4 Å². The molecular formula is C20H22FIN10O9P2S2. The van der Waals surface area contributed by atoms with Crippen LogP contribution in [0.25, 0.3) is 22.3 Å². The number of ether oxygens (including phenoxy) is 2. The molecule has 25 heteroatoms. The van der Waals surface area contributed by atoms with Crippen LogP contribution >= 0.6 is 48.4 Å². The lowest BCUT2D eigenvalue weighted by Crippen LogP contribution is -2.34. The number of aromatic nitrogens is 8. The molecule has 19 nitrogen and oxygen atoms in total. The van der Waals surface area contributed by atoms with Crippen molar-refractivity contribution in [2.45, 2.75) is 47.0 Å². The van der Waals surface area contributed by atoms with Gasteiger partial charge in [0.05, 0.1) is 35.9 Å². The van der Waals surface area contributed by atoms with E-state index in [4.69, 9.17) is 50.8 Å². The summed E-state index contributed by atoms with van der Waals surface area (Å²) in [6.45, 7) is -9.32. The third-order valence-electron chi connectivity index (χ3n) is 7.23. The lowest BCUT2D eigenvalue weighted by molar-refractivity contribution is -0.0583. The fourth-order valence-electron chi connectivity index (χ4n) is 5.23. The van der Waals surface area contributed by atoms with E-state index in [9.17, 15) is 14.3 Å². The predicted molar refractivity (Wildman–Crippen MR) is 168 cm³/mol. The number of halogens is 2. The molecule has 45 heavy (non-hydrogen) atoms. The number of nitrogens with two attached hydrogens (primary N) is 2. The zero-order chi connectivity index (χ0) is 31.8. The normalized spacial score (nSPS) is 37.7.